The standard InChI is InChI=1S/C56H76N8O3/c1-12-15-35-66-55-41-54(64-33-37-65-38-34-64)56(67-36-16-13-2)40-53(55)62(11)60-45(7)43(5)22-25-48-39-46(23-30-52(48)58-9)31-32-63(14-3)50-28-26-49(27-29-50)61(10)59-44(6)42(4)21-24-47-19-17-18-20-51(47)57-8/h17-30,39-41,57-58H,4-5,12-16,31-38H2,1-3,6-11H3/b24-21-,25-22-,59-44+,60-45+. The van der Waals surface area contributed by atoms with Crippen molar-refractivity contribution >= 4 is 57.7 Å². The van der Waals surface area contributed by atoms with Gasteiger partial charge in [0.05, 0.1) is 49.2 Å². The van der Waals surface area contributed by atoms with Crippen LogP contribution in [0, 0.1) is 0 Å². The number of para-hydroxylation sites is 1. The number of hydrogen-bond acceptors (Lipinski definition) is 11. The van der Waals surface area contributed by atoms with E-state index in [1.54, 1.807) is 0 Å². The maximum absolute atomic E-state index is 6.43. The highest BCUT2D eigenvalue weighted by molar-refractivity contribution is 6.02. The molecule has 11 nitrogen and oxygen atoms in total. The van der Waals surface area contributed by atoms with E-state index in [1.165, 1.54) is 11.3 Å². The minimum absolute atomic E-state index is 0.628. The Kier molecular flexibility index (Phi) is 20.5. The molecule has 2 N–H and O–H groups in total. The number of rotatable bonds is 26. The number of anilines is 6. The van der Waals surface area contributed by atoms with Crippen LogP contribution < -0.4 is 39.9 Å². The summed E-state index contributed by atoms with van der Waals surface area (Å²) in [5.41, 5.74) is 13.0. The predicted octanol–water partition coefficient (Wildman–Crippen LogP) is 12.2. The molecule has 358 valence electrons. The summed E-state index contributed by atoms with van der Waals surface area (Å²) >= 11 is 0. The van der Waals surface area contributed by atoms with Crippen molar-refractivity contribution in [2.45, 2.75) is 66.7 Å². The maximum atomic E-state index is 6.43. The Bertz CT molecular complexity index is 2340. The summed E-state index contributed by atoms with van der Waals surface area (Å²) in [4.78, 5) is 4.74. The van der Waals surface area contributed by atoms with Crippen LogP contribution >= 0.6 is 0 Å². The fraction of sp³-hybridized carbons (Fsp3) is 0.393. The zero-order valence-corrected chi connectivity index (χ0v) is 41.8. The molecule has 1 fully saturated rings. The summed E-state index contributed by atoms with van der Waals surface area (Å²) in [5, 5.41) is 20.2. The highest BCUT2D eigenvalue weighted by atomic mass is 16.5. The number of hydrazone groups is 2. The lowest BCUT2D eigenvalue weighted by atomic mass is 10.0. The Morgan fingerprint density at radius 2 is 1.30 bits per heavy atom. The number of allylic oxidation sites excluding steroid dienone is 4. The van der Waals surface area contributed by atoms with Crippen LogP contribution in [-0.4, -0.2) is 92.2 Å². The van der Waals surface area contributed by atoms with Crippen molar-refractivity contribution < 1.29 is 14.2 Å². The second kappa shape index (κ2) is 26.6. The van der Waals surface area contributed by atoms with Crippen LogP contribution in [0.4, 0.5) is 34.1 Å². The van der Waals surface area contributed by atoms with E-state index in [2.05, 4.69) is 133 Å². The highest BCUT2D eigenvalue weighted by Crippen LogP contribution is 2.41. The Hall–Kier alpha value is -6.46. The van der Waals surface area contributed by atoms with Gasteiger partial charge in [-0.25, -0.2) is 0 Å². The number of benzene rings is 4. The molecule has 1 heterocycles. The van der Waals surface area contributed by atoms with Crippen LogP contribution in [-0.2, 0) is 11.2 Å². The zero-order chi connectivity index (χ0) is 48.1. The second-order valence-corrected chi connectivity index (χ2v) is 16.8. The molecule has 0 aromatic heterocycles. The molecule has 1 aliphatic heterocycles. The van der Waals surface area contributed by atoms with Gasteiger partial charge < -0.3 is 34.6 Å². The predicted molar refractivity (Wildman–Crippen MR) is 290 cm³/mol. The molecule has 0 unspecified atom stereocenters. The fourth-order valence-corrected chi connectivity index (χ4v) is 7.66. The van der Waals surface area contributed by atoms with Crippen LogP contribution in [0.15, 0.2) is 126 Å². The minimum atomic E-state index is 0.628. The van der Waals surface area contributed by atoms with Gasteiger partial charge in [0.1, 0.15) is 17.2 Å². The molecule has 1 saturated heterocycles. The van der Waals surface area contributed by atoms with Gasteiger partial charge in [-0.15, -0.1) is 0 Å². The second-order valence-electron chi connectivity index (χ2n) is 16.8. The molecule has 1 aliphatic rings. The largest absolute Gasteiger partial charge is 0.491 e. The normalized spacial score (nSPS) is 13.2. The summed E-state index contributed by atoms with van der Waals surface area (Å²) in [6.07, 6.45) is 13.2. The number of morpholine rings is 1. The van der Waals surface area contributed by atoms with Crippen molar-refractivity contribution in [3.05, 3.63) is 132 Å². The monoisotopic (exact) mass is 909 g/mol. The minimum Gasteiger partial charge on any atom is -0.491 e. The van der Waals surface area contributed by atoms with Crippen LogP contribution in [0.3, 0.4) is 0 Å². The maximum Gasteiger partial charge on any atom is 0.146 e. The Balaban J connectivity index is 1.25. The molecule has 4 aromatic carbocycles. The molecule has 4 aromatic rings. The van der Waals surface area contributed by atoms with E-state index in [-0.39, 0.29) is 0 Å². The lowest BCUT2D eigenvalue weighted by molar-refractivity contribution is 0.122. The molecule has 5 rings (SSSR count). The van der Waals surface area contributed by atoms with E-state index in [9.17, 15) is 0 Å². The van der Waals surface area contributed by atoms with Crippen LogP contribution in [0.25, 0.3) is 12.2 Å². The summed E-state index contributed by atoms with van der Waals surface area (Å²) < 4.78 is 18.5. The molecule has 0 spiro atoms. The number of nitrogens with zero attached hydrogens (tertiary/aromatic N) is 6. The third-order valence-corrected chi connectivity index (χ3v) is 12.0. The van der Waals surface area contributed by atoms with E-state index in [0.29, 0.717) is 26.4 Å². The Labute approximate surface area is 402 Å². The molecule has 0 amide bonds. The average Bonchev–Trinajstić information content (AvgIpc) is 3.35. The molecule has 0 bridgehead atoms. The summed E-state index contributed by atoms with van der Waals surface area (Å²) in [5.74, 6) is 1.62. The summed E-state index contributed by atoms with van der Waals surface area (Å²) in [6, 6.07) is 27.6. The van der Waals surface area contributed by atoms with E-state index >= 15 is 0 Å². The first-order valence-corrected chi connectivity index (χ1v) is 24.0. The number of unbranched alkanes of at least 4 members (excludes halogenated alkanes) is 2. The quantitative estimate of drug-likeness (QED) is 0.0277. The third-order valence-electron chi connectivity index (χ3n) is 12.0. The van der Waals surface area contributed by atoms with Gasteiger partial charge >= 0.3 is 0 Å². The van der Waals surface area contributed by atoms with E-state index in [4.69, 9.17) is 24.4 Å². The van der Waals surface area contributed by atoms with E-state index < -0.39 is 0 Å². The first kappa shape index (κ1) is 51.5. The highest BCUT2D eigenvalue weighted by Gasteiger charge is 2.22. The van der Waals surface area contributed by atoms with E-state index in [1.807, 2.05) is 76.3 Å². The molecule has 67 heavy (non-hydrogen) atoms. The van der Waals surface area contributed by atoms with Crippen molar-refractivity contribution in [3.63, 3.8) is 0 Å². The molecular weight excluding hydrogens is 833 g/mol. The van der Waals surface area contributed by atoms with Crippen LogP contribution in [0.1, 0.15) is 77.0 Å². The summed E-state index contributed by atoms with van der Waals surface area (Å²) in [7, 11) is 7.82. The topological polar surface area (TPSA) is 89.4 Å². The van der Waals surface area contributed by atoms with Crippen LogP contribution in [0.2, 0.25) is 0 Å². The number of likely N-dealkylation sites (N-methyl/N-ethyl adjacent to an activating group) is 1. The zero-order valence-electron chi connectivity index (χ0n) is 41.8. The van der Waals surface area contributed by atoms with Gasteiger partial charge in [-0.1, -0.05) is 88.4 Å². The molecule has 0 aliphatic carbocycles. The van der Waals surface area contributed by atoms with Gasteiger partial charge in [0.15, 0.2) is 0 Å². The fourth-order valence-electron chi connectivity index (χ4n) is 7.66. The third kappa shape index (κ3) is 15.0. The molecule has 0 radical (unpaired) electrons. The van der Waals surface area contributed by atoms with Gasteiger partial charge in [-0.05, 0) is 110 Å². The van der Waals surface area contributed by atoms with Gasteiger partial charge in [-0.3, -0.25) is 10.0 Å². The van der Waals surface area contributed by atoms with Crippen molar-refractivity contribution in [2.75, 3.05) is 111 Å². The lowest BCUT2D eigenvalue weighted by Gasteiger charge is -2.31. The Morgan fingerprint density at radius 1 is 0.716 bits per heavy atom. The van der Waals surface area contributed by atoms with E-state index in [0.717, 1.165) is 132 Å². The SMILES string of the molecule is C=C(/C=C\c1ccccc1NC)/C(C)=N/N(C)c1ccc(N(CC)CCc2ccc(NC)c(/C=C\C(=C)/C(C)=N/N(C)c3cc(OCCCC)c(N4CCOCC4)cc3OCCCC)c2)cc1. The molecular formula is C56H76N8O3. The average molecular weight is 909 g/mol. The van der Waals surface area contributed by atoms with Crippen molar-refractivity contribution in [3.8, 4) is 11.5 Å². The van der Waals surface area contributed by atoms with Gasteiger partial charge in [0.2, 0.25) is 0 Å². The van der Waals surface area contributed by atoms with Gasteiger partial charge in [0, 0.05) is 83.6 Å². The molecule has 0 atom stereocenters. The number of ether oxygens (including phenoxy) is 3. The van der Waals surface area contributed by atoms with Gasteiger partial charge in [-0.2, -0.15) is 10.2 Å². The van der Waals surface area contributed by atoms with Crippen LogP contribution in [0.5, 0.6) is 11.5 Å². The first-order chi connectivity index (χ1) is 32.5. The Morgan fingerprint density at radius 3 is 1.93 bits per heavy atom. The van der Waals surface area contributed by atoms with Gasteiger partial charge in [0.25, 0.3) is 0 Å². The number of nitrogens with one attached hydrogen (secondary N) is 2. The lowest BCUT2D eigenvalue weighted by Crippen LogP contribution is -2.36. The molecule has 11 heteroatoms. The first-order valence-electron chi connectivity index (χ1n) is 24.0. The summed E-state index contributed by atoms with van der Waals surface area (Å²) in [6.45, 7) is 25.3. The van der Waals surface area contributed by atoms with Crippen molar-refractivity contribution in [2.24, 2.45) is 10.2 Å². The molecule has 0 saturated carbocycles. The van der Waals surface area contributed by atoms with Crippen molar-refractivity contribution in [1.29, 1.82) is 0 Å². The van der Waals surface area contributed by atoms with Crippen molar-refractivity contribution in [1.82, 2.24) is 0 Å². The smallest absolute Gasteiger partial charge is 0.146 e. The number of hydrogen-bond donors (Lipinski definition) is 2.